The van der Waals surface area contributed by atoms with Crippen LogP contribution in [-0.2, 0) is 6.42 Å². The number of rotatable bonds is 8. The van der Waals surface area contributed by atoms with Crippen LogP contribution in [0.2, 0.25) is 0 Å². The van der Waals surface area contributed by atoms with Crippen molar-refractivity contribution in [3.05, 3.63) is 35.4 Å². The van der Waals surface area contributed by atoms with Gasteiger partial charge >= 0.3 is 0 Å². The largest absolute Gasteiger partial charge is 0.314 e. The van der Waals surface area contributed by atoms with Gasteiger partial charge in [-0.15, -0.1) is 0 Å². The summed E-state index contributed by atoms with van der Waals surface area (Å²) in [6.45, 7) is 12.4. The molecule has 1 heteroatoms. The van der Waals surface area contributed by atoms with Crippen molar-refractivity contribution in [3.8, 4) is 0 Å². The lowest BCUT2D eigenvalue weighted by Gasteiger charge is -2.19. The predicted molar refractivity (Wildman–Crippen MR) is 85.8 cm³/mol. The lowest BCUT2D eigenvalue weighted by atomic mass is 9.95. The van der Waals surface area contributed by atoms with Crippen LogP contribution < -0.4 is 5.32 Å². The standard InChI is InChI=1S/C18H31N/c1-6-19-18(12-7-14(2)3)13-16-8-10-17(11-9-16)15(4)5/h8-11,14-15,18-19H,6-7,12-13H2,1-5H3. The van der Waals surface area contributed by atoms with Crippen LogP contribution >= 0.6 is 0 Å². The number of hydrogen-bond donors (Lipinski definition) is 1. The molecule has 0 aromatic heterocycles. The fraction of sp³-hybridized carbons (Fsp3) is 0.667. The third-order valence-electron chi connectivity index (χ3n) is 3.71. The summed E-state index contributed by atoms with van der Waals surface area (Å²) >= 11 is 0. The Bertz CT molecular complexity index is 337. The molecule has 0 aliphatic rings. The molecule has 1 nitrogen and oxygen atoms in total. The Labute approximate surface area is 119 Å². The minimum atomic E-state index is 0.622. The van der Waals surface area contributed by atoms with Gasteiger partial charge in [0.1, 0.15) is 0 Å². The molecule has 0 fully saturated rings. The second-order valence-corrected chi connectivity index (χ2v) is 6.33. The molecular formula is C18H31N. The van der Waals surface area contributed by atoms with Crippen LogP contribution in [-0.4, -0.2) is 12.6 Å². The molecule has 1 N–H and O–H groups in total. The summed E-state index contributed by atoms with van der Waals surface area (Å²) in [7, 11) is 0. The molecular weight excluding hydrogens is 230 g/mol. The van der Waals surface area contributed by atoms with Crippen molar-refractivity contribution in [3.63, 3.8) is 0 Å². The molecule has 0 radical (unpaired) electrons. The predicted octanol–water partition coefficient (Wildman–Crippen LogP) is 4.77. The summed E-state index contributed by atoms with van der Waals surface area (Å²) < 4.78 is 0. The summed E-state index contributed by atoms with van der Waals surface area (Å²) in [5, 5.41) is 3.62. The second-order valence-electron chi connectivity index (χ2n) is 6.33. The van der Waals surface area contributed by atoms with Gasteiger partial charge in [0, 0.05) is 6.04 Å². The lowest BCUT2D eigenvalue weighted by Crippen LogP contribution is -2.31. The highest BCUT2D eigenvalue weighted by molar-refractivity contribution is 5.25. The van der Waals surface area contributed by atoms with Crippen LogP contribution in [0, 0.1) is 5.92 Å². The maximum atomic E-state index is 3.62. The van der Waals surface area contributed by atoms with Gasteiger partial charge in [0.25, 0.3) is 0 Å². The molecule has 108 valence electrons. The van der Waals surface area contributed by atoms with Crippen LogP contribution in [0.4, 0.5) is 0 Å². The van der Waals surface area contributed by atoms with Crippen molar-refractivity contribution in [2.24, 2.45) is 5.92 Å². The average molecular weight is 261 g/mol. The molecule has 0 amide bonds. The van der Waals surface area contributed by atoms with Crippen molar-refractivity contribution in [2.45, 2.75) is 65.8 Å². The Balaban J connectivity index is 2.57. The molecule has 1 rings (SSSR count). The van der Waals surface area contributed by atoms with Gasteiger partial charge in [0.2, 0.25) is 0 Å². The van der Waals surface area contributed by atoms with Crippen LogP contribution in [0.5, 0.6) is 0 Å². The van der Waals surface area contributed by atoms with Crippen molar-refractivity contribution >= 4 is 0 Å². The van der Waals surface area contributed by atoms with Gasteiger partial charge in [-0.25, -0.2) is 0 Å². The van der Waals surface area contributed by atoms with Crippen molar-refractivity contribution in [1.29, 1.82) is 0 Å². The number of hydrogen-bond acceptors (Lipinski definition) is 1. The number of likely N-dealkylation sites (N-methyl/N-ethyl adjacent to an activating group) is 1. The van der Waals surface area contributed by atoms with E-state index in [1.54, 1.807) is 0 Å². The Morgan fingerprint density at radius 3 is 2.05 bits per heavy atom. The van der Waals surface area contributed by atoms with Crippen molar-refractivity contribution in [2.75, 3.05) is 6.54 Å². The molecule has 0 saturated heterocycles. The summed E-state index contributed by atoms with van der Waals surface area (Å²) in [6.07, 6.45) is 3.73. The molecule has 19 heavy (non-hydrogen) atoms. The third kappa shape index (κ3) is 6.24. The highest BCUT2D eigenvalue weighted by Gasteiger charge is 2.09. The number of benzene rings is 1. The maximum Gasteiger partial charge on any atom is 0.0107 e. The van der Waals surface area contributed by atoms with Gasteiger partial charge in [-0.1, -0.05) is 58.9 Å². The Hall–Kier alpha value is -0.820. The fourth-order valence-electron chi connectivity index (χ4n) is 2.42. The smallest absolute Gasteiger partial charge is 0.0107 e. The van der Waals surface area contributed by atoms with E-state index in [1.807, 2.05) is 0 Å². The Kier molecular flexibility index (Phi) is 7.15. The zero-order valence-corrected chi connectivity index (χ0v) is 13.4. The number of nitrogens with one attached hydrogen (secondary N) is 1. The van der Waals surface area contributed by atoms with Gasteiger partial charge < -0.3 is 5.32 Å². The molecule has 0 aliphatic carbocycles. The first-order chi connectivity index (χ1) is 9.02. The maximum absolute atomic E-state index is 3.62. The molecule has 0 bridgehead atoms. The molecule has 0 heterocycles. The summed E-state index contributed by atoms with van der Waals surface area (Å²) in [5.74, 6) is 1.42. The van der Waals surface area contributed by atoms with Crippen LogP contribution in [0.15, 0.2) is 24.3 Å². The van der Waals surface area contributed by atoms with E-state index < -0.39 is 0 Å². The summed E-state index contributed by atoms with van der Waals surface area (Å²) in [4.78, 5) is 0. The summed E-state index contributed by atoms with van der Waals surface area (Å²) in [5.41, 5.74) is 2.89. The normalized spacial score (nSPS) is 13.2. The van der Waals surface area contributed by atoms with Crippen LogP contribution in [0.25, 0.3) is 0 Å². The molecule has 1 aromatic carbocycles. The quantitative estimate of drug-likeness (QED) is 0.711. The van der Waals surface area contributed by atoms with E-state index in [-0.39, 0.29) is 0 Å². The minimum Gasteiger partial charge on any atom is -0.314 e. The molecule has 1 unspecified atom stereocenters. The molecule has 0 aliphatic heterocycles. The molecule has 1 atom stereocenters. The highest BCUT2D eigenvalue weighted by Crippen LogP contribution is 2.17. The van der Waals surface area contributed by atoms with E-state index >= 15 is 0 Å². The molecule has 0 saturated carbocycles. The first-order valence-corrected chi connectivity index (χ1v) is 7.85. The SMILES string of the molecule is CCNC(CCC(C)C)Cc1ccc(C(C)C)cc1. The Morgan fingerprint density at radius 2 is 1.58 bits per heavy atom. The first kappa shape index (κ1) is 16.2. The topological polar surface area (TPSA) is 12.0 Å². The van der Waals surface area contributed by atoms with E-state index in [9.17, 15) is 0 Å². The Morgan fingerprint density at radius 1 is 0.947 bits per heavy atom. The van der Waals surface area contributed by atoms with Gasteiger partial charge in [-0.2, -0.15) is 0 Å². The average Bonchev–Trinajstić information content (AvgIpc) is 2.37. The molecule has 0 spiro atoms. The van der Waals surface area contributed by atoms with Crippen molar-refractivity contribution < 1.29 is 0 Å². The highest BCUT2D eigenvalue weighted by atomic mass is 14.9. The van der Waals surface area contributed by atoms with Gasteiger partial charge in [-0.05, 0) is 48.8 Å². The van der Waals surface area contributed by atoms with Crippen LogP contribution in [0.3, 0.4) is 0 Å². The molecule has 1 aromatic rings. The van der Waals surface area contributed by atoms with E-state index in [0.29, 0.717) is 12.0 Å². The van der Waals surface area contributed by atoms with Gasteiger partial charge in [0.15, 0.2) is 0 Å². The van der Waals surface area contributed by atoms with Gasteiger partial charge in [0.05, 0.1) is 0 Å². The zero-order valence-electron chi connectivity index (χ0n) is 13.4. The van der Waals surface area contributed by atoms with Gasteiger partial charge in [-0.3, -0.25) is 0 Å². The lowest BCUT2D eigenvalue weighted by molar-refractivity contribution is 0.434. The van der Waals surface area contributed by atoms with E-state index in [4.69, 9.17) is 0 Å². The van der Waals surface area contributed by atoms with E-state index in [0.717, 1.165) is 18.9 Å². The van der Waals surface area contributed by atoms with Crippen LogP contribution in [0.1, 0.15) is 64.5 Å². The second kappa shape index (κ2) is 8.37. The first-order valence-electron chi connectivity index (χ1n) is 7.85. The zero-order chi connectivity index (χ0) is 14.3. The minimum absolute atomic E-state index is 0.622. The van der Waals surface area contributed by atoms with Crippen molar-refractivity contribution in [1.82, 2.24) is 5.32 Å². The summed E-state index contributed by atoms with van der Waals surface area (Å²) in [6, 6.07) is 9.79. The fourth-order valence-corrected chi connectivity index (χ4v) is 2.42. The van der Waals surface area contributed by atoms with E-state index in [1.165, 1.54) is 24.0 Å². The van der Waals surface area contributed by atoms with E-state index in [2.05, 4.69) is 64.2 Å². The monoisotopic (exact) mass is 261 g/mol. The third-order valence-corrected chi connectivity index (χ3v) is 3.71.